The number of hydrogen-bond acceptors (Lipinski definition) is 9. The number of carbonyl (C=O) groups excluding carboxylic acids is 1. The molecule has 0 unspecified atom stereocenters. The lowest BCUT2D eigenvalue weighted by molar-refractivity contribution is -0.112. The molecule has 188 valence electrons. The Bertz CT molecular complexity index is 1390. The van der Waals surface area contributed by atoms with Crippen LogP contribution in [0, 0.1) is 18.3 Å². The van der Waals surface area contributed by atoms with Gasteiger partial charge in [-0.1, -0.05) is 43.4 Å². The lowest BCUT2D eigenvalue weighted by Crippen LogP contribution is -2.13. The summed E-state index contributed by atoms with van der Waals surface area (Å²) in [5, 5.41) is 19.1. The van der Waals surface area contributed by atoms with Crippen LogP contribution in [0.2, 0.25) is 0 Å². The van der Waals surface area contributed by atoms with Crippen LogP contribution in [0.3, 0.4) is 0 Å². The molecular weight excluding hydrogens is 500 g/mol. The van der Waals surface area contributed by atoms with Crippen molar-refractivity contribution < 1.29 is 22.7 Å². The number of aryl methyl sites for hydroxylation is 2. The first-order valence-electron chi connectivity index (χ1n) is 11.2. The van der Waals surface area contributed by atoms with Crippen molar-refractivity contribution in [3.05, 3.63) is 64.7 Å². The molecule has 0 fully saturated rings. The van der Waals surface area contributed by atoms with Gasteiger partial charge in [-0.3, -0.25) is 10.1 Å². The van der Waals surface area contributed by atoms with Crippen LogP contribution in [0.25, 0.3) is 6.08 Å². The maximum Gasteiger partial charge on any atom is 0.268 e. The fourth-order valence-electron chi connectivity index (χ4n) is 3.08. The second kappa shape index (κ2) is 12.3. The number of nitrogens with one attached hydrogen (secondary N) is 1. The Morgan fingerprint density at radius 3 is 2.42 bits per heavy atom. The molecule has 0 saturated carbocycles. The van der Waals surface area contributed by atoms with Crippen molar-refractivity contribution in [2.24, 2.45) is 0 Å². The Balaban J connectivity index is 1.55. The highest BCUT2D eigenvalue weighted by Crippen LogP contribution is 2.22. The van der Waals surface area contributed by atoms with Crippen molar-refractivity contribution in [2.75, 3.05) is 24.3 Å². The van der Waals surface area contributed by atoms with Gasteiger partial charge in [-0.2, -0.15) is 5.26 Å². The van der Waals surface area contributed by atoms with Gasteiger partial charge in [-0.05, 0) is 60.4 Å². The summed E-state index contributed by atoms with van der Waals surface area (Å²) >= 11 is 0.734. The van der Waals surface area contributed by atoms with Crippen molar-refractivity contribution in [3.8, 4) is 17.6 Å². The molecule has 1 amide bonds. The van der Waals surface area contributed by atoms with E-state index in [1.54, 1.807) is 24.3 Å². The molecule has 1 N–H and O–H groups in total. The molecule has 2 aromatic carbocycles. The molecule has 0 bridgehead atoms. The number of sulfone groups is 1. The van der Waals surface area contributed by atoms with Crippen LogP contribution in [0.5, 0.6) is 11.5 Å². The van der Waals surface area contributed by atoms with Crippen molar-refractivity contribution in [1.29, 1.82) is 5.26 Å². The lowest BCUT2D eigenvalue weighted by atomic mass is 10.1. The summed E-state index contributed by atoms with van der Waals surface area (Å²) in [5.41, 5.74) is 2.81. The highest BCUT2D eigenvalue weighted by molar-refractivity contribution is 7.93. The Morgan fingerprint density at radius 2 is 1.78 bits per heavy atom. The van der Waals surface area contributed by atoms with Crippen molar-refractivity contribution in [1.82, 2.24) is 10.2 Å². The summed E-state index contributed by atoms with van der Waals surface area (Å²) in [6, 6.07) is 14.9. The second-order valence-corrected chi connectivity index (χ2v) is 11.1. The maximum atomic E-state index is 12.4. The summed E-state index contributed by atoms with van der Waals surface area (Å²) in [7, 11) is -3.52. The number of nitrogens with zero attached hydrogens (tertiary/aromatic N) is 3. The molecule has 0 atom stereocenters. The number of rotatable bonds is 11. The van der Waals surface area contributed by atoms with Crippen LogP contribution in [0.4, 0.5) is 5.13 Å². The van der Waals surface area contributed by atoms with Gasteiger partial charge in [0.2, 0.25) is 19.3 Å². The molecule has 9 nitrogen and oxygen atoms in total. The summed E-state index contributed by atoms with van der Waals surface area (Å²) in [6.07, 6.45) is 2.35. The molecule has 3 rings (SSSR count). The minimum Gasteiger partial charge on any atom is -0.490 e. The molecule has 0 spiro atoms. The topological polar surface area (TPSA) is 131 Å². The molecular formula is C25H26N4O5S2. The first kappa shape index (κ1) is 26.8. The van der Waals surface area contributed by atoms with Crippen LogP contribution in [0.15, 0.2) is 52.4 Å². The van der Waals surface area contributed by atoms with Crippen molar-refractivity contribution in [3.63, 3.8) is 0 Å². The van der Waals surface area contributed by atoms with Crippen LogP contribution in [0.1, 0.15) is 30.5 Å². The smallest absolute Gasteiger partial charge is 0.268 e. The Hall–Kier alpha value is -3.75. The largest absolute Gasteiger partial charge is 0.490 e. The normalized spacial score (nSPS) is 11.6. The number of benzene rings is 2. The monoisotopic (exact) mass is 526 g/mol. The number of aromatic nitrogens is 2. The molecule has 0 aliphatic carbocycles. The van der Waals surface area contributed by atoms with E-state index >= 15 is 0 Å². The maximum absolute atomic E-state index is 12.4. The molecule has 1 heterocycles. The predicted octanol–water partition coefficient (Wildman–Crippen LogP) is 4.21. The third kappa shape index (κ3) is 7.37. The third-order valence-corrected chi connectivity index (χ3v) is 7.99. The molecule has 0 radical (unpaired) electrons. The van der Waals surface area contributed by atoms with Crippen LogP contribution in [-0.4, -0.2) is 43.5 Å². The van der Waals surface area contributed by atoms with E-state index in [1.807, 2.05) is 25.1 Å². The van der Waals surface area contributed by atoms with Gasteiger partial charge in [-0.25, -0.2) is 8.42 Å². The van der Waals surface area contributed by atoms with Crippen LogP contribution < -0.4 is 14.8 Å². The predicted molar refractivity (Wildman–Crippen MR) is 138 cm³/mol. The number of anilines is 1. The molecule has 36 heavy (non-hydrogen) atoms. The van der Waals surface area contributed by atoms with Gasteiger partial charge in [-0.15, -0.1) is 10.2 Å². The fraction of sp³-hybridized carbons (Fsp3) is 0.280. The van der Waals surface area contributed by atoms with E-state index in [2.05, 4.69) is 28.5 Å². The van der Waals surface area contributed by atoms with Gasteiger partial charge >= 0.3 is 0 Å². The van der Waals surface area contributed by atoms with Gasteiger partial charge in [0.1, 0.15) is 36.4 Å². The molecule has 1 aromatic heterocycles. The summed E-state index contributed by atoms with van der Waals surface area (Å²) < 4.78 is 35.0. The zero-order valence-corrected chi connectivity index (χ0v) is 21.8. The Labute approximate surface area is 214 Å². The average molecular weight is 527 g/mol. The number of hydrogen-bond donors (Lipinski definition) is 1. The zero-order chi connectivity index (χ0) is 26.1. The number of ether oxygens (including phenoxy) is 2. The summed E-state index contributed by atoms with van der Waals surface area (Å²) in [6.45, 7) is 6.37. The van der Waals surface area contributed by atoms with Gasteiger partial charge < -0.3 is 9.47 Å². The minimum atomic E-state index is -3.52. The van der Waals surface area contributed by atoms with E-state index in [9.17, 15) is 18.5 Å². The highest BCUT2D eigenvalue weighted by Gasteiger charge is 2.19. The molecule has 0 aliphatic heterocycles. The fourth-order valence-corrected chi connectivity index (χ4v) is 5.06. The van der Waals surface area contributed by atoms with E-state index in [4.69, 9.17) is 9.47 Å². The second-order valence-electron chi connectivity index (χ2n) is 7.67. The van der Waals surface area contributed by atoms with Gasteiger partial charge in [0.05, 0.1) is 5.75 Å². The van der Waals surface area contributed by atoms with Crippen LogP contribution in [-0.2, 0) is 21.1 Å². The van der Waals surface area contributed by atoms with Crippen molar-refractivity contribution in [2.45, 2.75) is 31.5 Å². The number of nitriles is 1. The molecule has 0 aliphatic rings. The Kier molecular flexibility index (Phi) is 9.16. The van der Waals surface area contributed by atoms with Gasteiger partial charge in [0.25, 0.3) is 5.91 Å². The standard InChI is InChI=1S/C25H26N4O5S2/c1-4-18-12-17(3)13-22(15-18)34-11-10-33-21-8-6-19(7-9-21)14-20(16-26)23(30)27-24-28-29-25(35-24)36(31,32)5-2/h6-9,12-15H,4-5,10-11H2,1-3H3,(H,27,28,30)/b20-14-. The van der Waals surface area contributed by atoms with E-state index < -0.39 is 15.7 Å². The van der Waals surface area contributed by atoms with E-state index in [-0.39, 0.29) is 20.8 Å². The molecule has 3 aromatic rings. The van der Waals surface area contributed by atoms with Crippen molar-refractivity contribution >= 4 is 38.3 Å². The first-order valence-corrected chi connectivity index (χ1v) is 13.7. The van der Waals surface area contributed by atoms with Gasteiger partial charge in [0, 0.05) is 0 Å². The van der Waals surface area contributed by atoms with Crippen LogP contribution >= 0.6 is 11.3 Å². The summed E-state index contributed by atoms with van der Waals surface area (Å²) in [4.78, 5) is 12.4. The van der Waals surface area contributed by atoms with E-state index in [0.29, 0.717) is 24.5 Å². The lowest BCUT2D eigenvalue weighted by Gasteiger charge is -2.10. The minimum absolute atomic E-state index is 0.00396. The average Bonchev–Trinajstić information content (AvgIpc) is 3.35. The zero-order valence-electron chi connectivity index (χ0n) is 20.1. The highest BCUT2D eigenvalue weighted by atomic mass is 32.2. The SMILES string of the molecule is CCc1cc(C)cc(OCCOc2ccc(/C=C(/C#N)C(=O)Nc3nnc(S(=O)(=O)CC)s3)cc2)c1. The van der Waals surface area contributed by atoms with E-state index in [1.165, 1.54) is 18.6 Å². The number of amides is 1. The molecule has 0 saturated heterocycles. The van der Waals surface area contributed by atoms with E-state index in [0.717, 1.165) is 29.1 Å². The molecule has 11 heteroatoms. The quantitative estimate of drug-likeness (QED) is 0.170. The third-order valence-electron chi connectivity index (χ3n) is 4.97. The first-order chi connectivity index (χ1) is 17.2. The number of carbonyl (C=O) groups is 1. The summed E-state index contributed by atoms with van der Waals surface area (Å²) in [5.74, 6) is 0.595. The Morgan fingerprint density at radius 1 is 1.08 bits per heavy atom. The van der Waals surface area contributed by atoms with Gasteiger partial charge in [0.15, 0.2) is 0 Å².